The van der Waals surface area contributed by atoms with Gasteiger partial charge in [0.2, 0.25) is 0 Å². The average Bonchev–Trinajstić information content (AvgIpc) is 3.47. The second-order valence-corrected chi connectivity index (χ2v) is 13.4. The van der Waals surface area contributed by atoms with Crippen LogP contribution in [0.4, 0.5) is 4.39 Å². The minimum absolute atomic E-state index is 0.0223. The van der Waals surface area contributed by atoms with E-state index < -0.39 is 5.67 Å². The van der Waals surface area contributed by atoms with E-state index in [2.05, 4.69) is 0 Å². The molecule has 32 heavy (non-hydrogen) atoms. The molecule has 0 spiro atoms. The molecular weight excluding hydrogens is 391 g/mol. The first kappa shape index (κ1) is 23.7. The lowest BCUT2D eigenvalue weighted by molar-refractivity contribution is -0.127. The summed E-state index contributed by atoms with van der Waals surface area (Å²) >= 11 is 0. The van der Waals surface area contributed by atoms with Crippen molar-refractivity contribution in [3.05, 3.63) is 0 Å². The van der Waals surface area contributed by atoms with Gasteiger partial charge >= 0.3 is 0 Å². The molecule has 0 amide bonds. The molecule has 5 aliphatic carbocycles. The van der Waals surface area contributed by atoms with Gasteiger partial charge in [-0.05, 0) is 68.1 Å². The van der Waals surface area contributed by atoms with Gasteiger partial charge in [-0.15, -0.1) is 0 Å². The molecule has 5 saturated carbocycles. The van der Waals surface area contributed by atoms with Crippen molar-refractivity contribution in [1.29, 1.82) is 0 Å². The number of rotatable bonds is 11. The zero-order chi connectivity index (χ0) is 21.9. The summed E-state index contributed by atoms with van der Waals surface area (Å²) in [5.74, 6) is 4.09. The van der Waals surface area contributed by atoms with Gasteiger partial charge in [0, 0.05) is 5.41 Å². The van der Waals surface area contributed by atoms with Crippen LogP contribution in [0.2, 0.25) is 0 Å². The van der Waals surface area contributed by atoms with Gasteiger partial charge in [0.1, 0.15) is 5.67 Å². The molecule has 0 bridgehead atoms. The fourth-order valence-electron chi connectivity index (χ4n) is 9.13. The fourth-order valence-corrected chi connectivity index (χ4v) is 9.13. The van der Waals surface area contributed by atoms with E-state index in [1.165, 1.54) is 141 Å². The standard InChI is InChI=1S/C31H53F/c32-31(23-20-25-12-8-13-25,24-27-10-4-5-11-27)30(22-9-14-26-18-19-26)21-7-6-17-29(30)28-15-2-1-3-16-28/h25-29H,1-24H2. The molecule has 184 valence electrons. The molecule has 5 rings (SSSR count). The second kappa shape index (κ2) is 10.7. The highest BCUT2D eigenvalue weighted by Gasteiger charge is 2.58. The zero-order valence-electron chi connectivity index (χ0n) is 21.2. The summed E-state index contributed by atoms with van der Waals surface area (Å²) in [5, 5.41) is 0. The summed E-state index contributed by atoms with van der Waals surface area (Å²) in [6.07, 6.45) is 31.9. The molecule has 0 aliphatic heterocycles. The Kier molecular flexibility index (Phi) is 7.90. The van der Waals surface area contributed by atoms with Crippen LogP contribution >= 0.6 is 0 Å². The first-order valence-electron chi connectivity index (χ1n) is 15.4. The van der Waals surface area contributed by atoms with Crippen LogP contribution in [0.25, 0.3) is 0 Å². The van der Waals surface area contributed by atoms with Crippen LogP contribution in [0.3, 0.4) is 0 Å². The predicted molar refractivity (Wildman–Crippen MR) is 135 cm³/mol. The van der Waals surface area contributed by atoms with Crippen molar-refractivity contribution < 1.29 is 4.39 Å². The molecule has 0 heterocycles. The molecule has 0 aromatic carbocycles. The number of hydrogen-bond acceptors (Lipinski definition) is 0. The number of halogens is 1. The topological polar surface area (TPSA) is 0 Å². The smallest absolute Gasteiger partial charge is 0.117 e. The van der Waals surface area contributed by atoms with Crippen LogP contribution in [0, 0.1) is 35.0 Å². The molecule has 0 radical (unpaired) electrons. The highest BCUT2D eigenvalue weighted by Crippen LogP contribution is 2.62. The third-order valence-electron chi connectivity index (χ3n) is 11.4. The van der Waals surface area contributed by atoms with Crippen molar-refractivity contribution in [1.82, 2.24) is 0 Å². The Bertz CT molecular complexity index is 565. The van der Waals surface area contributed by atoms with E-state index in [1.807, 2.05) is 0 Å². The molecule has 1 heteroatoms. The monoisotopic (exact) mass is 444 g/mol. The van der Waals surface area contributed by atoms with Crippen molar-refractivity contribution in [3.8, 4) is 0 Å². The van der Waals surface area contributed by atoms with E-state index in [0.29, 0.717) is 11.8 Å². The predicted octanol–water partition coefficient (Wildman–Crippen LogP) is 10.2. The van der Waals surface area contributed by atoms with E-state index in [0.717, 1.165) is 30.6 Å². The Labute approximate surface area is 199 Å². The SMILES string of the molecule is FC(CCC1CCC1)(CC1CCCC1)C1(CCCC2CC2)CCCCC1C1CCCCC1. The van der Waals surface area contributed by atoms with Gasteiger partial charge in [-0.1, -0.05) is 116 Å². The molecule has 5 aliphatic rings. The lowest BCUT2D eigenvalue weighted by Crippen LogP contribution is -2.54. The fraction of sp³-hybridized carbons (Fsp3) is 1.00. The highest BCUT2D eigenvalue weighted by molar-refractivity contribution is 5.07. The molecule has 3 atom stereocenters. The third kappa shape index (κ3) is 5.27. The second-order valence-electron chi connectivity index (χ2n) is 13.4. The molecular formula is C31H53F. The Morgan fingerprint density at radius 1 is 0.625 bits per heavy atom. The summed E-state index contributed by atoms with van der Waals surface area (Å²) in [5.41, 5.74) is -0.849. The van der Waals surface area contributed by atoms with E-state index in [9.17, 15) is 0 Å². The minimum atomic E-state index is -0.871. The normalized spacial score (nSPS) is 35.0. The molecule has 5 fully saturated rings. The van der Waals surface area contributed by atoms with Gasteiger partial charge in [0.15, 0.2) is 0 Å². The van der Waals surface area contributed by atoms with E-state index in [4.69, 9.17) is 0 Å². The highest BCUT2D eigenvalue weighted by atomic mass is 19.1. The van der Waals surface area contributed by atoms with Crippen LogP contribution < -0.4 is 0 Å². The maximum absolute atomic E-state index is 18.1. The van der Waals surface area contributed by atoms with Crippen molar-refractivity contribution in [2.24, 2.45) is 35.0 Å². The Morgan fingerprint density at radius 2 is 1.28 bits per heavy atom. The summed E-state index contributed by atoms with van der Waals surface area (Å²) in [7, 11) is 0. The van der Waals surface area contributed by atoms with Gasteiger partial charge in [-0.25, -0.2) is 4.39 Å². The summed E-state index contributed by atoms with van der Waals surface area (Å²) in [6, 6.07) is 0. The first-order valence-corrected chi connectivity index (χ1v) is 15.4. The van der Waals surface area contributed by atoms with Gasteiger partial charge in [-0.2, -0.15) is 0 Å². The lowest BCUT2D eigenvalue weighted by atomic mass is 9.49. The van der Waals surface area contributed by atoms with E-state index >= 15 is 4.39 Å². The average molecular weight is 445 g/mol. The van der Waals surface area contributed by atoms with Gasteiger partial charge in [-0.3, -0.25) is 0 Å². The van der Waals surface area contributed by atoms with Crippen molar-refractivity contribution in [2.75, 3.05) is 0 Å². The van der Waals surface area contributed by atoms with Crippen LogP contribution in [0.15, 0.2) is 0 Å². The Hall–Kier alpha value is -0.0700. The zero-order valence-corrected chi connectivity index (χ0v) is 21.2. The largest absolute Gasteiger partial charge is 0.243 e. The van der Waals surface area contributed by atoms with Crippen molar-refractivity contribution >= 4 is 0 Å². The van der Waals surface area contributed by atoms with Crippen molar-refractivity contribution in [2.45, 2.75) is 160 Å². The lowest BCUT2D eigenvalue weighted by Gasteiger charge is -2.57. The van der Waals surface area contributed by atoms with Crippen LogP contribution in [-0.2, 0) is 0 Å². The van der Waals surface area contributed by atoms with E-state index in [-0.39, 0.29) is 5.41 Å². The van der Waals surface area contributed by atoms with Crippen molar-refractivity contribution in [3.63, 3.8) is 0 Å². The molecule has 0 nitrogen and oxygen atoms in total. The molecule has 0 saturated heterocycles. The van der Waals surface area contributed by atoms with Crippen LogP contribution in [-0.4, -0.2) is 5.67 Å². The summed E-state index contributed by atoms with van der Waals surface area (Å²) < 4.78 is 18.1. The molecule has 0 aromatic rings. The Balaban J connectivity index is 1.42. The van der Waals surface area contributed by atoms with Gasteiger partial charge < -0.3 is 0 Å². The third-order valence-corrected chi connectivity index (χ3v) is 11.4. The molecule has 0 aromatic heterocycles. The Morgan fingerprint density at radius 3 is 1.97 bits per heavy atom. The van der Waals surface area contributed by atoms with Gasteiger partial charge in [0.05, 0.1) is 0 Å². The maximum atomic E-state index is 18.1. The molecule has 3 unspecified atom stereocenters. The number of alkyl halides is 1. The van der Waals surface area contributed by atoms with Gasteiger partial charge in [0.25, 0.3) is 0 Å². The van der Waals surface area contributed by atoms with E-state index in [1.54, 1.807) is 0 Å². The quantitative estimate of drug-likeness (QED) is 0.297. The number of hydrogen-bond donors (Lipinski definition) is 0. The minimum Gasteiger partial charge on any atom is -0.243 e. The first-order chi connectivity index (χ1) is 15.7. The van der Waals surface area contributed by atoms with Crippen LogP contribution in [0.5, 0.6) is 0 Å². The van der Waals surface area contributed by atoms with Crippen LogP contribution in [0.1, 0.15) is 154 Å². The summed E-state index contributed by atoms with van der Waals surface area (Å²) in [4.78, 5) is 0. The summed E-state index contributed by atoms with van der Waals surface area (Å²) in [6.45, 7) is 0. The maximum Gasteiger partial charge on any atom is 0.117 e. The molecule has 0 N–H and O–H groups in total.